The number of piperidine rings is 1. The number of hydrogen-bond donors (Lipinski definition) is 0. The lowest BCUT2D eigenvalue weighted by atomic mass is 9.97. The summed E-state index contributed by atoms with van der Waals surface area (Å²) in [5.74, 6) is 1.61. The van der Waals surface area contributed by atoms with Gasteiger partial charge in [0.25, 0.3) is 5.95 Å². The SMILES string of the molecule is CC1CCCCN1C(=O)CN1CCN(c2noc(C(C)(C)C)n2)CC1. The second kappa shape index (κ2) is 7.32. The highest BCUT2D eigenvalue weighted by Gasteiger charge is 2.28. The Kier molecular flexibility index (Phi) is 5.32. The molecule has 1 unspecified atom stereocenters. The number of anilines is 1. The van der Waals surface area contributed by atoms with Gasteiger partial charge in [-0.1, -0.05) is 20.8 Å². The molecule has 7 heteroatoms. The van der Waals surface area contributed by atoms with Crippen LogP contribution in [-0.4, -0.2) is 71.2 Å². The quantitative estimate of drug-likeness (QED) is 0.830. The van der Waals surface area contributed by atoms with Crippen LogP contribution in [-0.2, 0) is 10.2 Å². The van der Waals surface area contributed by atoms with E-state index in [4.69, 9.17) is 4.52 Å². The first-order valence-electron chi connectivity index (χ1n) is 9.45. The lowest BCUT2D eigenvalue weighted by Crippen LogP contribution is -2.52. The number of carbonyl (C=O) groups excluding carboxylic acids is 1. The normalized spacial score (nSPS) is 23.1. The van der Waals surface area contributed by atoms with Crippen molar-refractivity contribution in [1.29, 1.82) is 0 Å². The summed E-state index contributed by atoms with van der Waals surface area (Å²) in [5, 5.41) is 4.12. The summed E-state index contributed by atoms with van der Waals surface area (Å²) < 4.78 is 5.39. The van der Waals surface area contributed by atoms with Gasteiger partial charge in [-0.2, -0.15) is 4.98 Å². The zero-order valence-electron chi connectivity index (χ0n) is 16.0. The van der Waals surface area contributed by atoms with Crippen LogP contribution < -0.4 is 4.90 Å². The average molecular weight is 349 g/mol. The molecule has 7 nitrogen and oxygen atoms in total. The molecule has 0 bridgehead atoms. The van der Waals surface area contributed by atoms with Gasteiger partial charge < -0.3 is 14.3 Å². The van der Waals surface area contributed by atoms with E-state index in [0.717, 1.165) is 45.6 Å². The predicted molar refractivity (Wildman–Crippen MR) is 96.7 cm³/mol. The highest BCUT2D eigenvalue weighted by atomic mass is 16.5. The molecule has 0 aliphatic carbocycles. The summed E-state index contributed by atoms with van der Waals surface area (Å²) in [6.07, 6.45) is 3.51. The molecule has 1 atom stereocenters. The maximum atomic E-state index is 12.6. The van der Waals surface area contributed by atoms with Gasteiger partial charge in [-0.15, -0.1) is 0 Å². The first kappa shape index (κ1) is 18.2. The van der Waals surface area contributed by atoms with E-state index < -0.39 is 0 Å². The molecule has 2 aliphatic heterocycles. The maximum absolute atomic E-state index is 12.6. The minimum Gasteiger partial charge on any atom is -0.339 e. The molecule has 1 aromatic heterocycles. The predicted octanol–water partition coefficient (Wildman–Crippen LogP) is 1.89. The Morgan fingerprint density at radius 3 is 2.48 bits per heavy atom. The first-order chi connectivity index (χ1) is 11.8. The van der Waals surface area contributed by atoms with Crippen molar-refractivity contribution >= 4 is 11.9 Å². The highest BCUT2D eigenvalue weighted by molar-refractivity contribution is 5.78. The summed E-state index contributed by atoms with van der Waals surface area (Å²) >= 11 is 0. The monoisotopic (exact) mass is 349 g/mol. The van der Waals surface area contributed by atoms with Crippen molar-refractivity contribution in [2.75, 3.05) is 44.2 Å². The zero-order valence-corrected chi connectivity index (χ0v) is 16.0. The van der Waals surface area contributed by atoms with E-state index in [1.807, 2.05) is 0 Å². The van der Waals surface area contributed by atoms with Crippen LogP contribution in [0.2, 0.25) is 0 Å². The molecule has 0 radical (unpaired) electrons. The molecule has 3 heterocycles. The molecular formula is C18H31N5O2. The van der Waals surface area contributed by atoms with Crippen LogP contribution >= 0.6 is 0 Å². The maximum Gasteiger partial charge on any atom is 0.266 e. The number of carbonyl (C=O) groups is 1. The lowest BCUT2D eigenvalue weighted by molar-refractivity contribution is -0.135. The summed E-state index contributed by atoms with van der Waals surface area (Å²) in [6, 6.07) is 0.387. The molecule has 2 fully saturated rings. The van der Waals surface area contributed by atoms with E-state index in [9.17, 15) is 4.79 Å². The topological polar surface area (TPSA) is 65.7 Å². The summed E-state index contributed by atoms with van der Waals surface area (Å²) in [5.41, 5.74) is -0.134. The number of likely N-dealkylation sites (tertiary alicyclic amines) is 1. The van der Waals surface area contributed by atoms with Gasteiger partial charge in [-0.05, 0) is 31.3 Å². The first-order valence-corrected chi connectivity index (χ1v) is 9.45. The third kappa shape index (κ3) is 4.32. The Balaban J connectivity index is 1.50. The number of nitrogens with zero attached hydrogens (tertiary/aromatic N) is 5. The zero-order chi connectivity index (χ0) is 18.0. The largest absolute Gasteiger partial charge is 0.339 e. The number of aromatic nitrogens is 2. The van der Waals surface area contributed by atoms with E-state index >= 15 is 0 Å². The Bertz CT molecular complexity index is 587. The van der Waals surface area contributed by atoms with Gasteiger partial charge in [0.2, 0.25) is 11.8 Å². The van der Waals surface area contributed by atoms with Crippen LogP contribution in [0.15, 0.2) is 4.52 Å². The van der Waals surface area contributed by atoms with Gasteiger partial charge in [0, 0.05) is 44.2 Å². The number of amides is 1. The fraction of sp³-hybridized carbons (Fsp3) is 0.833. The number of hydrogen-bond acceptors (Lipinski definition) is 6. The molecule has 0 aromatic carbocycles. The molecular weight excluding hydrogens is 318 g/mol. The summed E-state index contributed by atoms with van der Waals surface area (Å²) in [6.45, 7) is 13.2. The Morgan fingerprint density at radius 1 is 1.16 bits per heavy atom. The molecule has 1 amide bonds. The molecule has 0 saturated carbocycles. The second-order valence-corrected chi connectivity index (χ2v) is 8.34. The molecule has 140 valence electrons. The number of rotatable bonds is 3. The molecule has 1 aromatic rings. The Morgan fingerprint density at radius 2 is 1.88 bits per heavy atom. The van der Waals surface area contributed by atoms with Crippen molar-refractivity contribution in [2.24, 2.45) is 0 Å². The van der Waals surface area contributed by atoms with Crippen molar-refractivity contribution in [3.05, 3.63) is 5.89 Å². The van der Waals surface area contributed by atoms with Gasteiger partial charge in [-0.3, -0.25) is 9.69 Å². The van der Waals surface area contributed by atoms with Crippen LogP contribution in [0, 0.1) is 0 Å². The fourth-order valence-corrected chi connectivity index (χ4v) is 3.51. The van der Waals surface area contributed by atoms with E-state index in [2.05, 4.69) is 52.5 Å². The van der Waals surface area contributed by atoms with Crippen molar-refractivity contribution in [2.45, 2.75) is 58.4 Å². The molecule has 2 aliphatic rings. The second-order valence-electron chi connectivity index (χ2n) is 8.34. The summed E-state index contributed by atoms with van der Waals surface area (Å²) in [4.78, 5) is 23.5. The van der Waals surface area contributed by atoms with E-state index in [-0.39, 0.29) is 11.3 Å². The van der Waals surface area contributed by atoms with Gasteiger partial charge in [-0.25, -0.2) is 0 Å². The molecule has 2 saturated heterocycles. The Hall–Kier alpha value is -1.63. The summed E-state index contributed by atoms with van der Waals surface area (Å²) in [7, 11) is 0. The van der Waals surface area contributed by atoms with Crippen molar-refractivity contribution < 1.29 is 9.32 Å². The molecule has 0 spiro atoms. The van der Waals surface area contributed by atoms with Crippen LogP contribution in [0.3, 0.4) is 0 Å². The average Bonchev–Trinajstić information content (AvgIpc) is 3.06. The molecule has 0 N–H and O–H groups in total. The standard InChI is InChI=1S/C18H31N5O2/c1-14-7-5-6-8-23(14)15(24)13-21-9-11-22(12-10-21)17-19-16(25-20-17)18(2,3)4/h14H,5-13H2,1-4H3. The molecule has 3 rings (SSSR count). The van der Waals surface area contributed by atoms with Crippen molar-refractivity contribution in [3.8, 4) is 0 Å². The van der Waals surface area contributed by atoms with Crippen molar-refractivity contribution in [1.82, 2.24) is 19.9 Å². The van der Waals surface area contributed by atoms with E-state index in [1.165, 1.54) is 6.42 Å². The molecule has 25 heavy (non-hydrogen) atoms. The van der Waals surface area contributed by atoms with Gasteiger partial charge in [0.05, 0.1) is 6.54 Å². The van der Waals surface area contributed by atoms with Crippen LogP contribution in [0.5, 0.6) is 0 Å². The third-order valence-electron chi connectivity index (χ3n) is 5.19. The number of piperazine rings is 1. The van der Waals surface area contributed by atoms with Gasteiger partial charge in [0.15, 0.2) is 0 Å². The van der Waals surface area contributed by atoms with Gasteiger partial charge in [0.1, 0.15) is 0 Å². The minimum atomic E-state index is -0.134. The van der Waals surface area contributed by atoms with Crippen molar-refractivity contribution in [3.63, 3.8) is 0 Å². The van der Waals surface area contributed by atoms with E-state index in [0.29, 0.717) is 24.4 Å². The third-order valence-corrected chi connectivity index (χ3v) is 5.19. The Labute approximate surface area is 150 Å². The highest BCUT2D eigenvalue weighted by Crippen LogP contribution is 2.23. The smallest absolute Gasteiger partial charge is 0.266 e. The fourth-order valence-electron chi connectivity index (χ4n) is 3.51. The lowest BCUT2D eigenvalue weighted by Gasteiger charge is -2.37. The van der Waals surface area contributed by atoms with Gasteiger partial charge >= 0.3 is 0 Å². The van der Waals surface area contributed by atoms with Crippen LogP contribution in [0.4, 0.5) is 5.95 Å². The minimum absolute atomic E-state index is 0.134. The van der Waals surface area contributed by atoms with E-state index in [1.54, 1.807) is 0 Å². The van der Waals surface area contributed by atoms with Crippen LogP contribution in [0.1, 0.15) is 52.8 Å². The van der Waals surface area contributed by atoms with Crippen LogP contribution in [0.25, 0.3) is 0 Å².